The van der Waals surface area contributed by atoms with E-state index in [1.54, 1.807) is 18.4 Å². The average Bonchev–Trinajstić information content (AvgIpc) is 2.65. The molecule has 0 aromatic carbocycles. The number of Topliss-reactive ketones (excluding diaryl/α,β-unsaturated/α-hetero) is 2. The number of hydrogen-bond donors (Lipinski definition) is 0. The average molecular weight is 224 g/mol. The molecule has 0 N–H and O–H groups in total. The second kappa shape index (κ2) is 4.27. The normalized spacial score (nSPS) is 13.6. The van der Waals surface area contributed by atoms with E-state index in [0.29, 0.717) is 5.56 Å². The highest BCUT2D eigenvalue weighted by atomic mass is 32.1. The van der Waals surface area contributed by atoms with Gasteiger partial charge in [-0.1, -0.05) is 20.8 Å². The minimum absolute atomic E-state index is 0.00120. The number of thiophene rings is 1. The van der Waals surface area contributed by atoms with Crippen LogP contribution in [-0.4, -0.2) is 11.6 Å². The minimum atomic E-state index is -0.542. The van der Waals surface area contributed by atoms with E-state index in [2.05, 4.69) is 0 Å². The van der Waals surface area contributed by atoms with Crippen molar-refractivity contribution in [1.82, 2.24) is 0 Å². The van der Waals surface area contributed by atoms with E-state index in [1.165, 1.54) is 11.3 Å². The molecule has 1 atom stereocenters. The van der Waals surface area contributed by atoms with Gasteiger partial charge in [-0.2, -0.15) is 11.3 Å². The van der Waals surface area contributed by atoms with E-state index >= 15 is 0 Å². The molecule has 1 aromatic heterocycles. The Kier molecular flexibility index (Phi) is 3.45. The van der Waals surface area contributed by atoms with Crippen LogP contribution in [0.2, 0.25) is 0 Å². The Morgan fingerprint density at radius 1 is 1.33 bits per heavy atom. The van der Waals surface area contributed by atoms with Crippen LogP contribution in [0.15, 0.2) is 16.8 Å². The number of carbonyl (C=O) groups excluding carboxylic acids is 2. The molecule has 1 unspecified atom stereocenters. The Morgan fingerprint density at radius 3 is 2.33 bits per heavy atom. The zero-order chi connectivity index (χ0) is 11.6. The maximum absolute atomic E-state index is 11.9. The Hall–Kier alpha value is -0.960. The van der Waals surface area contributed by atoms with Crippen LogP contribution in [0.25, 0.3) is 0 Å². The van der Waals surface area contributed by atoms with Crippen molar-refractivity contribution in [2.45, 2.75) is 27.7 Å². The highest BCUT2D eigenvalue weighted by Gasteiger charge is 2.31. The van der Waals surface area contributed by atoms with Crippen molar-refractivity contribution in [3.05, 3.63) is 22.4 Å². The van der Waals surface area contributed by atoms with Crippen molar-refractivity contribution in [3.8, 4) is 0 Å². The Labute approximate surface area is 94.3 Å². The summed E-state index contributed by atoms with van der Waals surface area (Å²) in [5, 5.41) is 3.64. The molecule has 0 amide bonds. The van der Waals surface area contributed by atoms with Gasteiger partial charge in [0.1, 0.15) is 5.78 Å². The second-order valence-corrected chi connectivity index (χ2v) is 5.49. The molecule has 0 saturated carbocycles. The molecular weight excluding hydrogens is 208 g/mol. The Bertz CT molecular complexity index is 357. The van der Waals surface area contributed by atoms with E-state index in [4.69, 9.17) is 0 Å². The number of ketones is 2. The van der Waals surface area contributed by atoms with E-state index in [0.717, 1.165) is 0 Å². The lowest BCUT2D eigenvalue weighted by molar-refractivity contribution is -0.128. The smallest absolute Gasteiger partial charge is 0.173 e. The third kappa shape index (κ3) is 2.75. The molecule has 0 spiro atoms. The van der Waals surface area contributed by atoms with Gasteiger partial charge in [0.2, 0.25) is 0 Å². The predicted molar refractivity (Wildman–Crippen MR) is 62.3 cm³/mol. The molecule has 0 aliphatic carbocycles. The summed E-state index contributed by atoms with van der Waals surface area (Å²) in [7, 11) is 0. The van der Waals surface area contributed by atoms with Gasteiger partial charge < -0.3 is 0 Å². The molecule has 0 radical (unpaired) electrons. The molecule has 1 aromatic rings. The van der Waals surface area contributed by atoms with Gasteiger partial charge in [0.25, 0.3) is 0 Å². The van der Waals surface area contributed by atoms with Crippen LogP contribution in [0.1, 0.15) is 38.1 Å². The third-order valence-corrected chi connectivity index (χ3v) is 3.01. The van der Waals surface area contributed by atoms with E-state index in [9.17, 15) is 9.59 Å². The lowest BCUT2D eigenvalue weighted by Crippen LogP contribution is -2.31. The van der Waals surface area contributed by atoms with Crippen LogP contribution in [0.3, 0.4) is 0 Å². The highest BCUT2D eigenvalue weighted by molar-refractivity contribution is 7.08. The van der Waals surface area contributed by atoms with Gasteiger partial charge in [0, 0.05) is 16.4 Å². The van der Waals surface area contributed by atoms with Crippen LogP contribution in [0, 0.1) is 11.3 Å². The largest absolute Gasteiger partial charge is 0.298 e. The van der Waals surface area contributed by atoms with Crippen LogP contribution < -0.4 is 0 Å². The molecule has 0 saturated heterocycles. The van der Waals surface area contributed by atoms with Gasteiger partial charge in [-0.25, -0.2) is 0 Å². The molecular formula is C12H16O2S. The lowest BCUT2D eigenvalue weighted by atomic mass is 9.81. The number of hydrogen-bond acceptors (Lipinski definition) is 3. The fourth-order valence-electron chi connectivity index (χ4n) is 1.42. The van der Waals surface area contributed by atoms with Crippen molar-refractivity contribution in [2.75, 3.05) is 0 Å². The van der Waals surface area contributed by atoms with Crippen LogP contribution >= 0.6 is 11.3 Å². The quantitative estimate of drug-likeness (QED) is 0.583. The molecule has 1 heterocycles. The predicted octanol–water partition coefficient (Wildman–Crippen LogP) is 3.18. The van der Waals surface area contributed by atoms with Gasteiger partial charge in [0.05, 0.1) is 5.92 Å². The molecule has 0 bridgehead atoms. The molecule has 0 aliphatic rings. The van der Waals surface area contributed by atoms with Crippen molar-refractivity contribution >= 4 is 22.9 Å². The zero-order valence-electron chi connectivity index (χ0n) is 9.53. The molecule has 1 rings (SSSR count). The number of carbonyl (C=O) groups is 2. The van der Waals surface area contributed by atoms with Gasteiger partial charge >= 0.3 is 0 Å². The number of rotatable bonds is 3. The monoisotopic (exact) mass is 224 g/mol. The van der Waals surface area contributed by atoms with E-state index in [1.807, 2.05) is 26.2 Å². The van der Waals surface area contributed by atoms with Gasteiger partial charge in [-0.15, -0.1) is 0 Å². The first kappa shape index (κ1) is 12.1. The molecule has 2 nitrogen and oxygen atoms in total. The standard InChI is InChI=1S/C12H16O2S/c1-8(11(14)12(2,3)4)10(13)9-5-6-15-7-9/h5-8H,1-4H3. The summed E-state index contributed by atoms with van der Waals surface area (Å²) in [4.78, 5) is 23.8. The molecule has 82 valence electrons. The fourth-order valence-corrected chi connectivity index (χ4v) is 2.07. The lowest BCUT2D eigenvalue weighted by Gasteiger charge is -2.20. The first-order chi connectivity index (χ1) is 6.84. The summed E-state index contributed by atoms with van der Waals surface area (Å²) in [5.41, 5.74) is 0.190. The SMILES string of the molecule is CC(C(=O)c1ccsc1)C(=O)C(C)(C)C. The first-order valence-corrected chi connectivity index (χ1v) is 5.89. The minimum Gasteiger partial charge on any atom is -0.298 e. The second-order valence-electron chi connectivity index (χ2n) is 4.71. The summed E-state index contributed by atoms with van der Waals surface area (Å²) in [6.45, 7) is 7.21. The topological polar surface area (TPSA) is 34.1 Å². The third-order valence-electron chi connectivity index (χ3n) is 2.33. The summed E-state index contributed by atoms with van der Waals surface area (Å²) in [6.07, 6.45) is 0. The molecule has 0 aliphatic heterocycles. The Morgan fingerprint density at radius 2 is 1.93 bits per heavy atom. The van der Waals surface area contributed by atoms with Gasteiger partial charge in [0.15, 0.2) is 5.78 Å². The van der Waals surface area contributed by atoms with Crippen LogP contribution in [0.5, 0.6) is 0 Å². The van der Waals surface area contributed by atoms with E-state index < -0.39 is 11.3 Å². The highest BCUT2D eigenvalue weighted by Crippen LogP contribution is 2.23. The van der Waals surface area contributed by atoms with Crippen LogP contribution in [-0.2, 0) is 4.79 Å². The van der Waals surface area contributed by atoms with Crippen molar-refractivity contribution in [2.24, 2.45) is 11.3 Å². The zero-order valence-corrected chi connectivity index (χ0v) is 10.4. The van der Waals surface area contributed by atoms with Gasteiger partial charge in [-0.3, -0.25) is 9.59 Å². The maximum atomic E-state index is 11.9. The molecule has 15 heavy (non-hydrogen) atoms. The Balaban J connectivity index is 2.83. The first-order valence-electron chi connectivity index (χ1n) is 4.95. The van der Waals surface area contributed by atoms with Gasteiger partial charge in [-0.05, 0) is 18.4 Å². The summed E-state index contributed by atoms with van der Waals surface area (Å²) < 4.78 is 0. The van der Waals surface area contributed by atoms with Crippen molar-refractivity contribution < 1.29 is 9.59 Å². The van der Waals surface area contributed by atoms with Crippen molar-refractivity contribution in [3.63, 3.8) is 0 Å². The van der Waals surface area contributed by atoms with Crippen LogP contribution in [0.4, 0.5) is 0 Å². The van der Waals surface area contributed by atoms with Crippen molar-refractivity contribution in [1.29, 1.82) is 0 Å². The maximum Gasteiger partial charge on any atom is 0.173 e. The molecule has 0 fully saturated rings. The summed E-state index contributed by atoms with van der Waals surface area (Å²) >= 11 is 1.47. The molecule has 3 heteroatoms. The summed E-state index contributed by atoms with van der Waals surface area (Å²) in [5.74, 6) is -0.616. The summed E-state index contributed by atoms with van der Waals surface area (Å²) in [6, 6.07) is 1.76. The fraction of sp³-hybridized carbons (Fsp3) is 0.500. The van der Waals surface area contributed by atoms with E-state index in [-0.39, 0.29) is 11.6 Å².